The summed E-state index contributed by atoms with van der Waals surface area (Å²) in [6.07, 6.45) is 2.54. The highest BCUT2D eigenvalue weighted by molar-refractivity contribution is 5.60. The van der Waals surface area contributed by atoms with Crippen molar-refractivity contribution in [2.75, 3.05) is 12.3 Å². The minimum atomic E-state index is -0.537. The van der Waals surface area contributed by atoms with Gasteiger partial charge in [0, 0.05) is 12.1 Å². The van der Waals surface area contributed by atoms with Crippen molar-refractivity contribution in [2.45, 2.75) is 20.3 Å². The van der Waals surface area contributed by atoms with Crippen molar-refractivity contribution < 1.29 is 14.4 Å². The Bertz CT molecular complexity index is 457. The van der Waals surface area contributed by atoms with Gasteiger partial charge >= 0.3 is 0 Å². The Balaban J connectivity index is 2.88. The Morgan fingerprint density at radius 1 is 1.50 bits per heavy atom. The molecule has 0 spiro atoms. The number of nitro groups is 1. The number of nitrogen functional groups attached to an aromatic ring is 1. The molecule has 0 fully saturated rings. The van der Waals surface area contributed by atoms with Gasteiger partial charge in [0.25, 0.3) is 11.6 Å². The number of allylic oxidation sites excluding steroid dienone is 1. The summed E-state index contributed by atoms with van der Waals surface area (Å²) < 4.78 is 10.7. The molecule has 18 heavy (non-hydrogen) atoms. The van der Waals surface area contributed by atoms with Crippen LogP contribution < -0.4 is 10.5 Å². The SMILES string of the molecule is CC/C=C(\OCC)Oc1ccc([N+](=O)[O-])c(N)c1. The summed E-state index contributed by atoms with van der Waals surface area (Å²) in [6, 6.07) is 4.19. The normalized spacial score (nSPS) is 11.1. The fourth-order valence-corrected chi connectivity index (χ4v) is 1.32. The van der Waals surface area contributed by atoms with Crippen LogP contribution in [0.2, 0.25) is 0 Å². The lowest BCUT2D eigenvalue weighted by Gasteiger charge is -2.10. The molecule has 6 nitrogen and oxygen atoms in total. The van der Waals surface area contributed by atoms with Crippen LogP contribution in [0.4, 0.5) is 11.4 Å². The topological polar surface area (TPSA) is 87.6 Å². The number of nitrogens with zero attached hydrogens (tertiary/aromatic N) is 1. The van der Waals surface area contributed by atoms with Crippen LogP contribution in [-0.2, 0) is 4.74 Å². The highest BCUT2D eigenvalue weighted by Gasteiger charge is 2.12. The average molecular weight is 252 g/mol. The third-order valence-electron chi connectivity index (χ3n) is 2.07. The van der Waals surface area contributed by atoms with Gasteiger partial charge in [0.05, 0.1) is 11.5 Å². The van der Waals surface area contributed by atoms with E-state index in [9.17, 15) is 10.1 Å². The van der Waals surface area contributed by atoms with E-state index in [0.717, 1.165) is 6.42 Å². The van der Waals surface area contributed by atoms with E-state index in [1.807, 2.05) is 13.8 Å². The van der Waals surface area contributed by atoms with Crippen molar-refractivity contribution in [1.29, 1.82) is 0 Å². The van der Waals surface area contributed by atoms with E-state index in [1.165, 1.54) is 18.2 Å². The average Bonchev–Trinajstić information content (AvgIpc) is 2.29. The molecule has 0 bridgehead atoms. The first-order valence-corrected chi connectivity index (χ1v) is 5.63. The summed E-state index contributed by atoms with van der Waals surface area (Å²) in [6.45, 7) is 4.28. The molecule has 0 saturated heterocycles. The summed E-state index contributed by atoms with van der Waals surface area (Å²) in [7, 11) is 0. The summed E-state index contributed by atoms with van der Waals surface area (Å²) in [4.78, 5) is 10.1. The van der Waals surface area contributed by atoms with E-state index in [-0.39, 0.29) is 11.4 Å². The maximum atomic E-state index is 10.6. The summed E-state index contributed by atoms with van der Waals surface area (Å²) in [5, 5.41) is 10.6. The molecule has 0 unspecified atom stereocenters. The highest BCUT2D eigenvalue weighted by Crippen LogP contribution is 2.27. The Morgan fingerprint density at radius 3 is 2.72 bits per heavy atom. The second-order valence-electron chi connectivity index (χ2n) is 3.44. The van der Waals surface area contributed by atoms with Gasteiger partial charge in [0.1, 0.15) is 11.4 Å². The minimum Gasteiger partial charge on any atom is -0.466 e. The maximum absolute atomic E-state index is 10.6. The van der Waals surface area contributed by atoms with Crippen molar-refractivity contribution in [3.05, 3.63) is 40.3 Å². The summed E-state index contributed by atoms with van der Waals surface area (Å²) >= 11 is 0. The van der Waals surface area contributed by atoms with Gasteiger partial charge in [-0.1, -0.05) is 6.92 Å². The van der Waals surface area contributed by atoms with E-state index >= 15 is 0 Å². The zero-order valence-corrected chi connectivity index (χ0v) is 10.4. The smallest absolute Gasteiger partial charge is 0.292 e. The molecule has 0 radical (unpaired) electrons. The maximum Gasteiger partial charge on any atom is 0.292 e. The fourth-order valence-electron chi connectivity index (χ4n) is 1.32. The van der Waals surface area contributed by atoms with E-state index in [1.54, 1.807) is 6.08 Å². The lowest BCUT2D eigenvalue weighted by Crippen LogP contribution is -2.02. The van der Waals surface area contributed by atoms with E-state index < -0.39 is 4.92 Å². The Labute approximate surface area is 105 Å². The molecular formula is C12H16N2O4. The fraction of sp³-hybridized carbons (Fsp3) is 0.333. The molecule has 0 amide bonds. The van der Waals surface area contributed by atoms with Gasteiger partial charge in [-0.05, 0) is 25.5 Å². The molecule has 2 N–H and O–H groups in total. The van der Waals surface area contributed by atoms with Crippen LogP contribution in [0.3, 0.4) is 0 Å². The third kappa shape index (κ3) is 3.65. The van der Waals surface area contributed by atoms with Gasteiger partial charge in [-0.25, -0.2) is 0 Å². The largest absolute Gasteiger partial charge is 0.466 e. The van der Waals surface area contributed by atoms with Crippen molar-refractivity contribution in [1.82, 2.24) is 0 Å². The van der Waals surface area contributed by atoms with Gasteiger partial charge < -0.3 is 15.2 Å². The number of anilines is 1. The summed E-state index contributed by atoms with van der Waals surface area (Å²) in [5.41, 5.74) is 5.48. The number of hydrogen-bond donors (Lipinski definition) is 1. The molecule has 0 aliphatic rings. The predicted octanol–water partition coefficient (Wildman–Crippen LogP) is 2.84. The molecule has 1 aromatic rings. The standard InChI is InChI=1S/C12H16N2O4/c1-3-5-12(17-4-2)18-9-6-7-11(14(15)16)10(13)8-9/h5-8H,3-4,13H2,1-2H3/b12-5+. The van der Waals surface area contributed by atoms with Crippen molar-refractivity contribution >= 4 is 11.4 Å². The number of ether oxygens (including phenoxy) is 2. The van der Waals surface area contributed by atoms with Crippen LogP contribution in [0.1, 0.15) is 20.3 Å². The third-order valence-corrected chi connectivity index (χ3v) is 2.07. The molecule has 98 valence electrons. The Kier molecular flexibility index (Phi) is 4.98. The Morgan fingerprint density at radius 2 is 2.22 bits per heavy atom. The van der Waals surface area contributed by atoms with Crippen molar-refractivity contribution in [2.24, 2.45) is 0 Å². The van der Waals surface area contributed by atoms with Gasteiger partial charge in [-0.3, -0.25) is 10.1 Å². The first kappa shape index (κ1) is 13.8. The predicted molar refractivity (Wildman–Crippen MR) is 68.1 cm³/mol. The highest BCUT2D eigenvalue weighted by atomic mass is 16.7. The van der Waals surface area contributed by atoms with Crippen LogP contribution in [0.15, 0.2) is 30.2 Å². The molecule has 0 aromatic heterocycles. The van der Waals surface area contributed by atoms with E-state index in [0.29, 0.717) is 18.3 Å². The zero-order valence-electron chi connectivity index (χ0n) is 10.4. The summed E-state index contributed by atoms with van der Waals surface area (Å²) in [5.74, 6) is 0.777. The second kappa shape index (κ2) is 6.48. The van der Waals surface area contributed by atoms with Crippen molar-refractivity contribution in [3.8, 4) is 5.75 Å². The number of hydrogen-bond acceptors (Lipinski definition) is 5. The lowest BCUT2D eigenvalue weighted by molar-refractivity contribution is -0.383. The van der Waals surface area contributed by atoms with Crippen LogP contribution in [0.25, 0.3) is 0 Å². The van der Waals surface area contributed by atoms with Crippen LogP contribution >= 0.6 is 0 Å². The molecular weight excluding hydrogens is 236 g/mol. The van der Waals surface area contributed by atoms with Gasteiger partial charge in [-0.15, -0.1) is 0 Å². The first-order chi connectivity index (χ1) is 8.58. The molecule has 0 atom stereocenters. The van der Waals surface area contributed by atoms with E-state index in [4.69, 9.17) is 15.2 Å². The quantitative estimate of drug-likeness (QED) is 0.364. The molecule has 1 aromatic carbocycles. The Hall–Kier alpha value is -2.24. The molecule has 0 heterocycles. The van der Waals surface area contributed by atoms with Gasteiger partial charge in [-0.2, -0.15) is 0 Å². The van der Waals surface area contributed by atoms with Gasteiger partial charge in [0.15, 0.2) is 0 Å². The molecule has 0 saturated carbocycles. The minimum absolute atomic E-state index is 0.0600. The first-order valence-electron chi connectivity index (χ1n) is 5.63. The van der Waals surface area contributed by atoms with Crippen LogP contribution in [0.5, 0.6) is 5.75 Å². The van der Waals surface area contributed by atoms with Crippen LogP contribution in [-0.4, -0.2) is 11.5 Å². The molecule has 1 rings (SSSR count). The molecule has 0 aliphatic carbocycles. The number of rotatable bonds is 6. The zero-order chi connectivity index (χ0) is 13.5. The van der Waals surface area contributed by atoms with Gasteiger partial charge in [0.2, 0.25) is 0 Å². The van der Waals surface area contributed by atoms with Crippen molar-refractivity contribution in [3.63, 3.8) is 0 Å². The molecule has 0 aliphatic heterocycles. The number of nitro benzene ring substituents is 1. The number of benzene rings is 1. The van der Waals surface area contributed by atoms with E-state index in [2.05, 4.69) is 0 Å². The second-order valence-corrected chi connectivity index (χ2v) is 3.44. The lowest BCUT2D eigenvalue weighted by atomic mass is 10.2. The van der Waals surface area contributed by atoms with Crippen LogP contribution in [0, 0.1) is 10.1 Å². The monoisotopic (exact) mass is 252 g/mol. The number of nitrogens with two attached hydrogens (primary N) is 1. The molecule has 6 heteroatoms.